The summed E-state index contributed by atoms with van der Waals surface area (Å²) < 4.78 is 5.54. The third-order valence-corrected chi connectivity index (χ3v) is 2.64. The highest BCUT2D eigenvalue weighted by atomic mass is 35.5. The topological polar surface area (TPSA) is 35.2 Å². The SMILES string of the molecule is CC(C)C(N)CCOc1ccc(Cl)cc1. The summed E-state index contributed by atoms with van der Waals surface area (Å²) in [6.07, 6.45) is 0.875. The van der Waals surface area contributed by atoms with Crippen LogP contribution in [-0.2, 0) is 0 Å². The number of hydrogen-bond donors (Lipinski definition) is 1. The minimum Gasteiger partial charge on any atom is -0.494 e. The van der Waals surface area contributed by atoms with Gasteiger partial charge in [0, 0.05) is 11.1 Å². The van der Waals surface area contributed by atoms with Crippen LogP contribution in [0, 0.1) is 5.92 Å². The van der Waals surface area contributed by atoms with E-state index in [2.05, 4.69) is 13.8 Å². The molecule has 84 valence electrons. The summed E-state index contributed by atoms with van der Waals surface area (Å²) in [4.78, 5) is 0. The Morgan fingerprint density at radius 3 is 2.40 bits per heavy atom. The van der Waals surface area contributed by atoms with E-state index < -0.39 is 0 Å². The lowest BCUT2D eigenvalue weighted by Crippen LogP contribution is -2.28. The van der Waals surface area contributed by atoms with Gasteiger partial charge in [-0.25, -0.2) is 0 Å². The lowest BCUT2D eigenvalue weighted by Gasteiger charge is -2.15. The van der Waals surface area contributed by atoms with E-state index in [-0.39, 0.29) is 6.04 Å². The Morgan fingerprint density at radius 2 is 1.87 bits per heavy atom. The average Bonchev–Trinajstić information content (AvgIpc) is 2.20. The van der Waals surface area contributed by atoms with Crippen LogP contribution in [0.5, 0.6) is 5.75 Å². The third-order valence-electron chi connectivity index (χ3n) is 2.39. The fourth-order valence-corrected chi connectivity index (χ4v) is 1.30. The number of halogens is 1. The molecule has 0 radical (unpaired) electrons. The zero-order valence-corrected chi connectivity index (χ0v) is 10.00. The molecule has 0 fully saturated rings. The molecule has 0 aliphatic rings. The van der Waals surface area contributed by atoms with Crippen LogP contribution in [0.1, 0.15) is 20.3 Å². The van der Waals surface area contributed by atoms with E-state index in [1.807, 2.05) is 24.3 Å². The molecular weight excluding hydrogens is 210 g/mol. The van der Waals surface area contributed by atoms with Crippen LogP contribution in [0.15, 0.2) is 24.3 Å². The highest BCUT2D eigenvalue weighted by Gasteiger charge is 2.06. The quantitative estimate of drug-likeness (QED) is 0.839. The zero-order valence-electron chi connectivity index (χ0n) is 9.24. The van der Waals surface area contributed by atoms with Gasteiger partial charge in [-0.1, -0.05) is 25.4 Å². The largest absolute Gasteiger partial charge is 0.494 e. The fourth-order valence-electron chi connectivity index (χ4n) is 1.18. The molecule has 0 aromatic heterocycles. The lowest BCUT2D eigenvalue weighted by molar-refractivity contribution is 0.282. The fraction of sp³-hybridized carbons (Fsp3) is 0.500. The van der Waals surface area contributed by atoms with Crippen molar-refractivity contribution >= 4 is 11.6 Å². The van der Waals surface area contributed by atoms with Crippen LogP contribution in [-0.4, -0.2) is 12.6 Å². The molecule has 0 bridgehead atoms. The van der Waals surface area contributed by atoms with Crippen molar-refractivity contribution in [2.45, 2.75) is 26.3 Å². The normalized spacial score (nSPS) is 12.9. The first-order valence-electron chi connectivity index (χ1n) is 5.23. The van der Waals surface area contributed by atoms with Crippen molar-refractivity contribution in [3.05, 3.63) is 29.3 Å². The van der Waals surface area contributed by atoms with Gasteiger partial charge in [-0.15, -0.1) is 0 Å². The molecule has 1 aromatic rings. The van der Waals surface area contributed by atoms with E-state index in [4.69, 9.17) is 22.1 Å². The summed E-state index contributed by atoms with van der Waals surface area (Å²) in [5, 5.41) is 0.723. The number of nitrogens with two attached hydrogens (primary N) is 1. The molecule has 0 saturated carbocycles. The monoisotopic (exact) mass is 227 g/mol. The van der Waals surface area contributed by atoms with Crippen LogP contribution in [0.4, 0.5) is 0 Å². The maximum atomic E-state index is 5.90. The Kier molecular flexibility index (Phi) is 4.92. The summed E-state index contributed by atoms with van der Waals surface area (Å²) in [6, 6.07) is 7.57. The number of rotatable bonds is 5. The van der Waals surface area contributed by atoms with Gasteiger partial charge >= 0.3 is 0 Å². The van der Waals surface area contributed by atoms with E-state index >= 15 is 0 Å². The molecule has 0 heterocycles. The second kappa shape index (κ2) is 5.99. The molecule has 0 aliphatic carbocycles. The van der Waals surface area contributed by atoms with Gasteiger partial charge in [0.1, 0.15) is 5.75 Å². The summed E-state index contributed by atoms with van der Waals surface area (Å²) in [5.74, 6) is 1.34. The average molecular weight is 228 g/mol. The highest BCUT2D eigenvalue weighted by Crippen LogP contribution is 2.16. The van der Waals surface area contributed by atoms with Gasteiger partial charge in [0.15, 0.2) is 0 Å². The van der Waals surface area contributed by atoms with Crippen LogP contribution >= 0.6 is 11.6 Å². The first-order valence-corrected chi connectivity index (χ1v) is 5.61. The molecule has 2 N–H and O–H groups in total. The zero-order chi connectivity index (χ0) is 11.3. The van der Waals surface area contributed by atoms with Crippen LogP contribution < -0.4 is 10.5 Å². The molecule has 15 heavy (non-hydrogen) atoms. The van der Waals surface area contributed by atoms with Crippen LogP contribution in [0.2, 0.25) is 5.02 Å². The second-order valence-corrected chi connectivity index (χ2v) is 4.44. The molecule has 0 spiro atoms. The molecule has 1 unspecified atom stereocenters. The van der Waals surface area contributed by atoms with Gasteiger partial charge in [0.05, 0.1) is 6.61 Å². The van der Waals surface area contributed by atoms with Crippen molar-refractivity contribution in [3.8, 4) is 5.75 Å². The van der Waals surface area contributed by atoms with E-state index in [0.29, 0.717) is 12.5 Å². The summed E-state index contributed by atoms with van der Waals surface area (Å²) in [7, 11) is 0. The summed E-state index contributed by atoms with van der Waals surface area (Å²) in [5.41, 5.74) is 5.90. The minimum atomic E-state index is 0.206. The molecule has 0 saturated heterocycles. The van der Waals surface area contributed by atoms with Crippen molar-refractivity contribution < 1.29 is 4.74 Å². The number of ether oxygens (including phenoxy) is 1. The molecule has 0 aliphatic heterocycles. The van der Waals surface area contributed by atoms with Gasteiger partial charge in [0.25, 0.3) is 0 Å². The maximum absolute atomic E-state index is 5.90. The molecular formula is C12H18ClNO. The Labute approximate surface area is 96.4 Å². The van der Waals surface area contributed by atoms with E-state index in [1.54, 1.807) is 0 Å². The van der Waals surface area contributed by atoms with Crippen molar-refractivity contribution in [2.75, 3.05) is 6.61 Å². The standard InChI is InChI=1S/C12H18ClNO/c1-9(2)12(14)7-8-15-11-5-3-10(13)4-6-11/h3-6,9,12H,7-8,14H2,1-2H3. The Morgan fingerprint density at radius 1 is 1.27 bits per heavy atom. The minimum absolute atomic E-state index is 0.206. The van der Waals surface area contributed by atoms with E-state index in [0.717, 1.165) is 17.2 Å². The summed E-state index contributed by atoms with van der Waals surface area (Å²) >= 11 is 5.76. The number of hydrogen-bond acceptors (Lipinski definition) is 2. The predicted molar refractivity (Wildman–Crippen MR) is 64.4 cm³/mol. The van der Waals surface area contributed by atoms with Gasteiger partial charge < -0.3 is 10.5 Å². The lowest BCUT2D eigenvalue weighted by atomic mass is 10.0. The van der Waals surface area contributed by atoms with Gasteiger partial charge in [-0.3, -0.25) is 0 Å². The molecule has 1 rings (SSSR count). The maximum Gasteiger partial charge on any atom is 0.119 e. The molecule has 0 amide bonds. The Hall–Kier alpha value is -0.730. The molecule has 1 atom stereocenters. The Balaban J connectivity index is 2.29. The van der Waals surface area contributed by atoms with Crippen molar-refractivity contribution in [1.82, 2.24) is 0 Å². The van der Waals surface area contributed by atoms with Crippen LogP contribution in [0.25, 0.3) is 0 Å². The van der Waals surface area contributed by atoms with Crippen LogP contribution in [0.3, 0.4) is 0 Å². The van der Waals surface area contributed by atoms with Crippen molar-refractivity contribution in [1.29, 1.82) is 0 Å². The smallest absolute Gasteiger partial charge is 0.119 e. The molecule has 3 heteroatoms. The molecule has 1 aromatic carbocycles. The van der Waals surface area contributed by atoms with Gasteiger partial charge in [0.2, 0.25) is 0 Å². The third kappa shape index (κ3) is 4.54. The first-order chi connectivity index (χ1) is 7.09. The number of benzene rings is 1. The van der Waals surface area contributed by atoms with Crippen molar-refractivity contribution in [3.63, 3.8) is 0 Å². The summed E-state index contributed by atoms with van der Waals surface area (Å²) in [6.45, 7) is 4.89. The second-order valence-electron chi connectivity index (χ2n) is 4.00. The van der Waals surface area contributed by atoms with E-state index in [1.165, 1.54) is 0 Å². The van der Waals surface area contributed by atoms with Gasteiger partial charge in [-0.05, 0) is 36.6 Å². The Bertz CT molecular complexity index is 284. The van der Waals surface area contributed by atoms with Gasteiger partial charge in [-0.2, -0.15) is 0 Å². The predicted octanol–water partition coefficient (Wildman–Crippen LogP) is 3.09. The van der Waals surface area contributed by atoms with Crippen molar-refractivity contribution in [2.24, 2.45) is 11.7 Å². The first kappa shape index (κ1) is 12.3. The molecule has 2 nitrogen and oxygen atoms in total. The van der Waals surface area contributed by atoms with E-state index in [9.17, 15) is 0 Å². The highest BCUT2D eigenvalue weighted by molar-refractivity contribution is 6.30.